The van der Waals surface area contributed by atoms with Crippen molar-refractivity contribution in [2.45, 2.75) is 27.7 Å². The smallest absolute Gasteiger partial charge is 0.132 e. The molecule has 2 aromatic rings. The fourth-order valence-electron chi connectivity index (χ4n) is 1.72. The predicted molar refractivity (Wildman–Crippen MR) is 72.0 cm³/mol. The molecule has 0 aliphatic rings. The maximum absolute atomic E-state index is 6.14. The van der Waals surface area contributed by atoms with E-state index in [0.717, 1.165) is 22.9 Å². The number of nitrogens with zero attached hydrogens (tertiary/aromatic N) is 1. The summed E-state index contributed by atoms with van der Waals surface area (Å²) in [5.74, 6) is 0.602. The summed E-state index contributed by atoms with van der Waals surface area (Å²) < 4.78 is 0. The molecular formula is C14H18ClN. The summed E-state index contributed by atoms with van der Waals surface area (Å²) in [6.45, 7) is 4.37. The molecule has 0 aliphatic heterocycles. The van der Waals surface area contributed by atoms with Crippen LogP contribution in [0.4, 0.5) is 0 Å². The minimum absolute atomic E-state index is 0. The van der Waals surface area contributed by atoms with Gasteiger partial charge in [-0.05, 0) is 30.0 Å². The third kappa shape index (κ3) is 2.73. The molecule has 0 spiro atoms. The van der Waals surface area contributed by atoms with Crippen molar-refractivity contribution < 1.29 is 0 Å². The Labute approximate surface area is 102 Å². The summed E-state index contributed by atoms with van der Waals surface area (Å²) in [7, 11) is 0. The van der Waals surface area contributed by atoms with Gasteiger partial charge >= 0.3 is 0 Å². The van der Waals surface area contributed by atoms with Gasteiger partial charge in [0.25, 0.3) is 0 Å². The van der Waals surface area contributed by atoms with E-state index in [9.17, 15) is 0 Å². The molecule has 0 atom stereocenters. The normalized spacial score (nSPS) is 10.5. The Hall–Kier alpha value is -1.08. The van der Waals surface area contributed by atoms with Crippen LogP contribution in [0.1, 0.15) is 26.8 Å². The second-order valence-electron chi connectivity index (χ2n) is 4.23. The van der Waals surface area contributed by atoms with Gasteiger partial charge in [0.2, 0.25) is 0 Å². The van der Waals surface area contributed by atoms with Crippen molar-refractivity contribution in [3.63, 3.8) is 0 Å². The van der Waals surface area contributed by atoms with Gasteiger partial charge < -0.3 is 0 Å². The van der Waals surface area contributed by atoms with E-state index in [2.05, 4.69) is 31.0 Å². The Morgan fingerprint density at radius 3 is 2.62 bits per heavy atom. The molecule has 86 valence electrons. The molecule has 0 amide bonds. The molecule has 1 aromatic heterocycles. The lowest BCUT2D eigenvalue weighted by Gasteiger charge is -2.08. The standard InChI is InChI=1S/C13H14ClN.CH4/c1-9(2)7-11-8-10-5-3-4-6-12(10)15-13(11)14;/h3-6,8-9H,7H2,1-2H3;1H4. The van der Waals surface area contributed by atoms with Crippen LogP contribution in [-0.2, 0) is 6.42 Å². The molecule has 0 radical (unpaired) electrons. The summed E-state index contributed by atoms with van der Waals surface area (Å²) in [6, 6.07) is 10.2. The van der Waals surface area contributed by atoms with Crippen molar-refractivity contribution in [3.8, 4) is 0 Å². The van der Waals surface area contributed by atoms with Crippen LogP contribution < -0.4 is 0 Å². The average molecular weight is 236 g/mol. The average Bonchev–Trinajstić information content (AvgIpc) is 2.18. The molecule has 0 bridgehead atoms. The van der Waals surface area contributed by atoms with E-state index in [0.29, 0.717) is 11.1 Å². The first-order valence-electron chi connectivity index (χ1n) is 5.21. The fourth-order valence-corrected chi connectivity index (χ4v) is 1.94. The van der Waals surface area contributed by atoms with Crippen molar-refractivity contribution in [1.82, 2.24) is 4.98 Å². The lowest BCUT2D eigenvalue weighted by molar-refractivity contribution is 0.646. The van der Waals surface area contributed by atoms with Crippen molar-refractivity contribution >= 4 is 22.5 Å². The maximum atomic E-state index is 6.14. The summed E-state index contributed by atoms with van der Waals surface area (Å²) in [6.07, 6.45) is 0.983. The molecule has 0 N–H and O–H groups in total. The van der Waals surface area contributed by atoms with Crippen molar-refractivity contribution in [3.05, 3.63) is 41.0 Å². The third-order valence-electron chi connectivity index (χ3n) is 2.38. The van der Waals surface area contributed by atoms with Crippen molar-refractivity contribution in [1.29, 1.82) is 0 Å². The number of benzene rings is 1. The topological polar surface area (TPSA) is 12.9 Å². The van der Waals surface area contributed by atoms with Gasteiger partial charge in [-0.2, -0.15) is 0 Å². The monoisotopic (exact) mass is 235 g/mol. The van der Waals surface area contributed by atoms with Crippen LogP contribution in [0, 0.1) is 5.92 Å². The molecule has 0 saturated heterocycles. The highest BCUT2D eigenvalue weighted by molar-refractivity contribution is 6.30. The zero-order valence-electron chi connectivity index (χ0n) is 9.00. The van der Waals surface area contributed by atoms with E-state index in [1.165, 1.54) is 0 Å². The second-order valence-corrected chi connectivity index (χ2v) is 4.59. The Balaban J connectivity index is 0.00000128. The largest absolute Gasteiger partial charge is 0.236 e. The zero-order valence-corrected chi connectivity index (χ0v) is 9.75. The van der Waals surface area contributed by atoms with E-state index in [1.807, 2.05) is 18.2 Å². The molecule has 0 unspecified atom stereocenters. The Morgan fingerprint density at radius 1 is 1.25 bits per heavy atom. The lowest BCUT2D eigenvalue weighted by atomic mass is 10.0. The molecule has 2 rings (SSSR count). The van der Waals surface area contributed by atoms with Crippen LogP contribution in [0.2, 0.25) is 5.15 Å². The van der Waals surface area contributed by atoms with E-state index in [1.54, 1.807) is 0 Å². The van der Waals surface area contributed by atoms with Gasteiger partial charge in [-0.1, -0.05) is 51.1 Å². The number of fused-ring (bicyclic) bond motifs is 1. The van der Waals surface area contributed by atoms with Crippen LogP contribution in [0.3, 0.4) is 0 Å². The molecule has 1 heterocycles. The minimum atomic E-state index is 0. The molecule has 1 nitrogen and oxygen atoms in total. The Morgan fingerprint density at radius 2 is 1.94 bits per heavy atom. The van der Waals surface area contributed by atoms with Gasteiger partial charge in [0, 0.05) is 5.39 Å². The highest BCUT2D eigenvalue weighted by Crippen LogP contribution is 2.22. The predicted octanol–water partition coefficient (Wildman–Crippen LogP) is 4.72. The van der Waals surface area contributed by atoms with Crippen molar-refractivity contribution in [2.75, 3.05) is 0 Å². The molecule has 0 saturated carbocycles. The molecule has 16 heavy (non-hydrogen) atoms. The summed E-state index contributed by atoms with van der Waals surface area (Å²) in [5, 5.41) is 1.81. The van der Waals surface area contributed by atoms with E-state index in [4.69, 9.17) is 11.6 Å². The second kappa shape index (κ2) is 5.31. The van der Waals surface area contributed by atoms with Gasteiger partial charge in [-0.3, -0.25) is 0 Å². The lowest BCUT2D eigenvalue weighted by Crippen LogP contribution is -1.96. The first-order valence-corrected chi connectivity index (χ1v) is 5.59. The van der Waals surface area contributed by atoms with Crippen LogP contribution in [0.5, 0.6) is 0 Å². The first-order chi connectivity index (χ1) is 7.16. The number of hydrogen-bond donors (Lipinski definition) is 0. The van der Waals surface area contributed by atoms with Gasteiger partial charge in [-0.25, -0.2) is 4.98 Å². The maximum Gasteiger partial charge on any atom is 0.132 e. The number of rotatable bonds is 2. The molecule has 1 aromatic carbocycles. The van der Waals surface area contributed by atoms with E-state index >= 15 is 0 Å². The van der Waals surface area contributed by atoms with Gasteiger partial charge in [0.15, 0.2) is 0 Å². The highest BCUT2D eigenvalue weighted by atomic mass is 35.5. The van der Waals surface area contributed by atoms with Crippen LogP contribution in [-0.4, -0.2) is 4.98 Å². The molecule has 0 aliphatic carbocycles. The first kappa shape index (κ1) is 13.0. The summed E-state index contributed by atoms with van der Waals surface area (Å²) in [4.78, 5) is 4.39. The van der Waals surface area contributed by atoms with Gasteiger partial charge in [-0.15, -0.1) is 0 Å². The SMILES string of the molecule is C.CC(C)Cc1cc2ccccc2nc1Cl. The molecule has 2 heteroatoms. The third-order valence-corrected chi connectivity index (χ3v) is 2.71. The molecule has 0 fully saturated rings. The van der Waals surface area contributed by atoms with Crippen LogP contribution in [0.25, 0.3) is 10.9 Å². The quantitative estimate of drug-likeness (QED) is 0.687. The number of para-hydroxylation sites is 1. The summed E-state index contributed by atoms with van der Waals surface area (Å²) in [5.41, 5.74) is 2.11. The van der Waals surface area contributed by atoms with E-state index < -0.39 is 0 Å². The van der Waals surface area contributed by atoms with E-state index in [-0.39, 0.29) is 7.43 Å². The van der Waals surface area contributed by atoms with Crippen LogP contribution in [0.15, 0.2) is 30.3 Å². The fraction of sp³-hybridized carbons (Fsp3) is 0.357. The Bertz CT molecular complexity index is 477. The number of hydrogen-bond acceptors (Lipinski definition) is 1. The number of halogens is 1. The van der Waals surface area contributed by atoms with Crippen LogP contribution >= 0.6 is 11.6 Å². The number of aromatic nitrogens is 1. The van der Waals surface area contributed by atoms with Gasteiger partial charge in [0.05, 0.1) is 5.52 Å². The highest BCUT2D eigenvalue weighted by Gasteiger charge is 2.06. The van der Waals surface area contributed by atoms with Crippen molar-refractivity contribution in [2.24, 2.45) is 5.92 Å². The van der Waals surface area contributed by atoms with Gasteiger partial charge in [0.1, 0.15) is 5.15 Å². The minimum Gasteiger partial charge on any atom is -0.236 e. The Kier molecular flexibility index (Phi) is 4.31. The molecular weight excluding hydrogens is 218 g/mol. The number of pyridine rings is 1. The zero-order chi connectivity index (χ0) is 10.8. The summed E-state index contributed by atoms with van der Waals surface area (Å²) >= 11 is 6.14.